The summed E-state index contributed by atoms with van der Waals surface area (Å²) in [7, 11) is 1.94. The third-order valence-electron chi connectivity index (χ3n) is 7.12. The topological polar surface area (TPSA) is 56.4 Å². The minimum absolute atomic E-state index is 0.0375. The molecule has 28 heavy (non-hydrogen) atoms. The Morgan fingerprint density at radius 3 is 2.61 bits per heavy atom. The van der Waals surface area contributed by atoms with Crippen LogP contribution in [0.3, 0.4) is 0 Å². The molecule has 2 saturated carbocycles. The van der Waals surface area contributed by atoms with E-state index in [2.05, 4.69) is 4.98 Å². The fraction of sp³-hybridized carbons (Fsp3) is 0.545. The zero-order chi connectivity index (χ0) is 19.6. The number of likely N-dealkylation sites (tertiary alicyclic amines) is 1. The monoisotopic (exact) mass is 383 g/mol. The van der Waals surface area contributed by atoms with Crippen molar-refractivity contribution in [2.24, 2.45) is 11.3 Å². The average Bonchev–Trinajstić information content (AvgIpc) is 3.58. The molecule has 1 atom stereocenters. The zero-order valence-electron chi connectivity index (χ0n) is 16.4. The quantitative estimate of drug-likeness (QED) is 0.882. The van der Waals surface area contributed by atoms with E-state index in [0.29, 0.717) is 36.2 Å². The molecule has 1 aromatic heterocycles. The first-order chi connectivity index (χ1) is 13.4. The lowest BCUT2D eigenvalue weighted by Crippen LogP contribution is -2.41. The van der Waals surface area contributed by atoms with Crippen LogP contribution in [0.2, 0.25) is 0 Å². The molecule has 5 nitrogen and oxygen atoms in total. The number of aryl methyl sites for hydroxylation is 1. The molecule has 0 bridgehead atoms. The van der Waals surface area contributed by atoms with Gasteiger partial charge in [0.15, 0.2) is 0 Å². The number of carbonyl (C=O) groups is 2. The number of hydrogen-bond donors (Lipinski definition) is 1. The van der Waals surface area contributed by atoms with Crippen LogP contribution in [0, 0.1) is 24.1 Å². The maximum Gasteiger partial charge on any atom is 0.270 e. The van der Waals surface area contributed by atoms with Crippen LogP contribution in [-0.2, 0) is 4.79 Å². The minimum atomic E-state index is -0.300. The highest BCUT2D eigenvalue weighted by molar-refractivity contribution is 5.99. The van der Waals surface area contributed by atoms with Gasteiger partial charge in [-0.05, 0) is 68.2 Å². The van der Waals surface area contributed by atoms with Gasteiger partial charge in [0.2, 0.25) is 5.91 Å². The molecular formula is C22H26FN3O2. The fourth-order valence-corrected chi connectivity index (χ4v) is 4.95. The largest absolute Gasteiger partial charge is 0.350 e. The highest BCUT2D eigenvalue weighted by Crippen LogP contribution is 2.60. The van der Waals surface area contributed by atoms with Gasteiger partial charge in [-0.3, -0.25) is 9.59 Å². The molecule has 2 aromatic rings. The Morgan fingerprint density at radius 2 is 1.93 bits per heavy atom. The summed E-state index contributed by atoms with van der Waals surface area (Å²) in [5.74, 6) is 0.111. The first kappa shape index (κ1) is 17.7. The zero-order valence-corrected chi connectivity index (χ0v) is 16.4. The van der Waals surface area contributed by atoms with Gasteiger partial charge in [0.05, 0.1) is 0 Å². The minimum Gasteiger partial charge on any atom is -0.350 e. The van der Waals surface area contributed by atoms with Crippen LogP contribution in [0.1, 0.15) is 48.2 Å². The number of piperidine rings is 1. The molecule has 1 saturated heterocycles. The highest BCUT2D eigenvalue weighted by atomic mass is 19.1. The van der Waals surface area contributed by atoms with Gasteiger partial charge in [0.25, 0.3) is 5.91 Å². The normalized spacial score (nSPS) is 23.2. The van der Waals surface area contributed by atoms with Gasteiger partial charge in [-0.2, -0.15) is 0 Å². The van der Waals surface area contributed by atoms with Gasteiger partial charge < -0.3 is 14.8 Å². The number of hydrogen-bond acceptors (Lipinski definition) is 2. The van der Waals surface area contributed by atoms with E-state index in [1.807, 2.05) is 29.8 Å². The van der Waals surface area contributed by atoms with E-state index in [9.17, 15) is 14.0 Å². The number of aromatic nitrogens is 1. The summed E-state index contributed by atoms with van der Waals surface area (Å²) >= 11 is 0. The Balaban J connectivity index is 1.25. The van der Waals surface area contributed by atoms with Crippen molar-refractivity contribution < 1.29 is 14.0 Å². The smallest absolute Gasteiger partial charge is 0.270 e. The van der Waals surface area contributed by atoms with Gasteiger partial charge in [-0.15, -0.1) is 0 Å². The van der Waals surface area contributed by atoms with Crippen LogP contribution in [-0.4, -0.2) is 52.8 Å². The molecule has 1 aromatic carbocycles. The molecule has 3 aliphatic rings. The number of halogens is 1. The van der Waals surface area contributed by atoms with E-state index >= 15 is 0 Å². The Morgan fingerprint density at radius 1 is 1.21 bits per heavy atom. The molecule has 148 valence electrons. The van der Waals surface area contributed by atoms with Crippen LogP contribution in [0.4, 0.5) is 4.39 Å². The second-order valence-electron chi connectivity index (χ2n) is 8.96. The van der Waals surface area contributed by atoms with Gasteiger partial charge in [-0.25, -0.2) is 4.39 Å². The summed E-state index contributed by atoms with van der Waals surface area (Å²) in [4.78, 5) is 32.5. The number of benzene rings is 1. The average molecular weight is 383 g/mol. The Bertz CT molecular complexity index is 970. The Kier molecular flexibility index (Phi) is 3.83. The van der Waals surface area contributed by atoms with Crippen LogP contribution in [0.15, 0.2) is 18.2 Å². The maximum atomic E-state index is 13.6. The molecular weight excluding hydrogens is 357 g/mol. The third-order valence-corrected chi connectivity index (χ3v) is 7.12. The van der Waals surface area contributed by atoms with Crippen LogP contribution in [0.25, 0.3) is 10.9 Å². The summed E-state index contributed by atoms with van der Waals surface area (Å²) in [5.41, 5.74) is 2.10. The predicted octanol–water partition coefficient (Wildman–Crippen LogP) is 3.48. The predicted molar refractivity (Wildman–Crippen MR) is 104 cm³/mol. The molecule has 3 fully saturated rings. The molecule has 1 N–H and O–H groups in total. The Hall–Kier alpha value is -2.37. The SMILES string of the molecule is Cc1cc(F)cc2[nH]c(C(=O)N3CCC4(CC3)CC4C(=O)N(C)C3CC3)cc12. The first-order valence-electron chi connectivity index (χ1n) is 10.2. The summed E-state index contributed by atoms with van der Waals surface area (Å²) < 4.78 is 13.6. The second-order valence-corrected chi connectivity index (χ2v) is 8.96. The molecule has 1 unspecified atom stereocenters. The van der Waals surface area contributed by atoms with E-state index in [0.717, 1.165) is 43.1 Å². The van der Waals surface area contributed by atoms with Crippen molar-refractivity contribution >= 4 is 22.7 Å². The fourth-order valence-electron chi connectivity index (χ4n) is 4.95. The van der Waals surface area contributed by atoms with Crippen molar-refractivity contribution in [3.05, 3.63) is 35.3 Å². The van der Waals surface area contributed by atoms with Crippen molar-refractivity contribution in [3.8, 4) is 0 Å². The van der Waals surface area contributed by atoms with Crippen molar-refractivity contribution in [2.75, 3.05) is 20.1 Å². The van der Waals surface area contributed by atoms with Crippen LogP contribution < -0.4 is 0 Å². The van der Waals surface area contributed by atoms with Gasteiger partial charge in [0.1, 0.15) is 11.5 Å². The molecule has 5 rings (SSSR count). The van der Waals surface area contributed by atoms with Crippen LogP contribution in [0.5, 0.6) is 0 Å². The lowest BCUT2D eigenvalue weighted by atomic mass is 9.90. The van der Waals surface area contributed by atoms with E-state index in [-0.39, 0.29) is 23.1 Å². The molecule has 1 aliphatic heterocycles. The molecule has 6 heteroatoms. The van der Waals surface area contributed by atoms with Crippen molar-refractivity contribution in [2.45, 2.75) is 45.1 Å². The van der Waals surface area contributed by atoms with E-state index in [4.69, 9.17) is 0 Å². The standard InChI is InChI=1S/C22H26FN3O2/c1-13-9-14(23)10-18-16(13)11-19(24-18)21(28)26-7-5-22(6-8-26)12-17(22)20(27)25(2)15-3-4-15/h9-11,15,17,24H,3-8,12H2,1-2H3. The lowest BCUT2D eigenvalue weighted by Gasteiger charge is -2.33. The van der Waals surface area contributed by atoms with Crippen LogP contribution >= 0.6 is 0 Å². The Labute approximate surface area is 163 Å². The number of fused-ring (bicyclic) bond motifs is 1. The van der Waals surface area contributed by atoms with Gasteiger partial charge >= 0.3 is 0 Å². The molecule has 1 spiro atoms. The number of nitrogens with one attached hydrogen (secondary N) is 1. The lowest BCUT2D eigenvalue weighted by molar-refractivity contribution is -0.132. The first-order valence-corrected chi connectivity index (χ1v) is 10.2. The number of rotatable bonds is 3. The molecule has 2 heterocycles. The summed E-state index contributed by atoms with van der Waals surface area (Å²) in [6, 6.07) is 5.20. The molecule has 0 radical (unpaired) electrons. The summed E-state index contributed by atoms with van der Waals surface area (Å²) in [5, 5.41) is 0.884. The summed E-state index contributed by atoms with van der Waals surface area (Å²) in [6.07, 6.45) is 5.02. The van der Waals surface area contributed by atoms with E-state index in [1.54, 1.807) is 0 Å². The number of aromatic amines is 1. The van der Waals surface area contributed by atoms with Gasteiger partial charge in [-0.1, -0.05) is 0 Å². The third kappa shape index (κ3) is 2.81. The number of carbonyl (C=O) groups excluding carboxylic acids is 2. The highest BCUT2D eigenvalue weighted by Gasteiger charge is 2.60. The van der Waals surface area contributed by atoms with Crippen molar-refractivity contribution in [1.29, 1.82) is 0 Å². The summed E-state index contributed by atoms with van der Waals surface area (Å²) in [6.45, 7) is 3.21. The molecule has 2 aliphatic carbocycles. The second kappa shape index (κ2) is 6.06. The number of nitrogens with zero attached hydrogens (tertiary/aromatic N) is 2. The van der Waals surface area contributed by atoms with Gasteiger partial charge in [0, 0.05) is 43.0 Å². The van der Waals surface area contributed by atoms with Crippen molar-refractivity contribution in [1.82, 2.24) is 14.8 Å². The van der Waals surface area contributed by atoms with E-state index in [1.165, 1.54) is 12.1 Å². The number of H-pyrrole nitrogens is 1. The van der Waals surface area contributed by atoms with E-state index < -0.39 is 0 Å². The van der Waals surface area contributed by atoms with Crippen molar-refractivity contribution in [3.63, 3.8) is 0 Å². The number of amides is 2. The molecule has 2 amide bonds. The maximum absolute atomic E-state index is 13.6.